The zero-order valence-corrected chi connectivity index (χ0v) is 10.7. The van der Waals surface area contributed by atoms with Gasteiger partial charge in [-0.3, -0.25) is 14.9 Å². The van der Waals surface area contributed by atoms with Crippen LogP contribution in [-0.4, -0.2) is 22.5 Å². The second-order valence-corrected chi connectivity index (χ2v) is 4.32. The average Bonchev–Trinajstić information content (AvgIpc) is 2.28. The van der Waals surface area contributed by atoms with Crippen LogP contribution < -0.4 is 5.32 Å². The van der Waals surface area contributed by atoms with Gasteiger partial charge in [-0.15, -0.1) is 0 Å². The number of nitro benzene ring substituents is 1. The number of nitrogens with zero attached hydrogens (tertiary/aromatic N) is 1. The van der Waals surface area contributed by atoms with Gasteiger partial charge >= 0.3 is 5.97 Å². The van der Waals surface area contributed by atoms with E-state index in [0.717, 1.165) is 6.07 Å². The molecular formula is C10H10BrFN2O4. The van der Waals surface area contributed by atoms with E-state index in [1.54, 1.807) is 0 Å². The van der Waals surface area contributed by atoms with Crippen molar-refractivity contribution in [3.05, 3.63) is 32.5 Å². The van der Waals surface area contributed by atoms with Crippen LogP contribution in [0.1, 0.15) is 12.8 Å². The van der Waals surface area contributed by atoms with E-state index in [-0.39, 0.29) is 28.8 Å². The highest BCUT2D eigenvalue weighted by molar-refractivity contribution is 9.10. The molecule has 0 aliphatic heterocycles. The van der Waals surface area contributed by atoms with Crippen LogP contribution in [0.2, 0.25) is 0 Å². The topological polar surface area (TPSA) is 92.5 Å². The van der Waals surface area contributed by atoms with E-state index in [4.69, 9.17) is 5.11 Å². The summed E-state index contributed by atoms with van der Waals surface area (Å²) in [5.74, 6) is -1.66. The Balaban J connectivity index is 2.77. The highest BCUT2D eigenvalue weighted by Crippen LogP contribution is 2.30. The number of hydrogen-bond donors (Lipinski definition) is 2. The van der Waals surface area contributed by atoms with Gasteiger partial charge in [0.2, 0.25) is 0 Å². The lowest BCUT2D eigenvalue weighted by Crippen LogP contribution is -2.07. The molecule has 1 aromatic rings. The first-order chi connectivity index (χ1) is 8.41. The van der Waals surface area contributed by atoms with E-state index >= 15 is 0 Å². The van der Waals surface area contributed by atoms with E-state index in [0.29, 0.717) is 6.42 Å². The van der Waals surface area contributed by atoms with Crippen molar-refractivity contribution >= 4 is 33.3 Å². The highest BCUT2D eigenvalue weighted by Gasteiger charge is 2.17. The normalized spacial score (nSPS) is 10.1. The predicted molar refractivity (Wildman–Crippen MR) is 66.1 cm³/mol. The molecule has 0 aliphatic rings. The molecule has 2 N–H and O–H groups in total. The minimum Gasteiger partial charge on any atom is -0.481 e. The van der Waals surface area contributed by atoms with Crippen molar-refractivity contribution in [1.82, 2.24) is 0 Å². The Morgan fingerprint density at radius 3 is 2.78 bits per heavy atom. The van der Waals surface area contributed by atoms with Crippen LogP contribution in [0.15, 0.2) is 16.6 Å². The van der Waals surface area contributed by atoms with E-state index < -0.39 is 16.7 Å². The van der Waals surface area contributed by atoms with Crippen LogP contribution in [0.4, 0.5) is 15.8 Å². The Morgan fingerprint density at radius 1 is 1.56 bits per heavy atom. The lowest BCUT2D eigenvalue weighted by atomic mass is 10.2. The number of carboxylic acids is 1. The van der Waals surface area contributed by atoms with E-state index in [9.17, 15) is 19.3 Å². The molecule has 6 nitrogen and oxygen atoms in total. The van der Waals surface area contributed by atoms with Crippen LogP contribution >= 0.6 is 15.9 Å². The first-order valence-corrected chi connectivity index (χ1v) is 5.80. The van der Waals surface area contributed by atoms with Gasteiger partial charge in [0, 0.05) is 13.0 Å². The van der Waals surface area contributed by atoms with Crippen molar-refractivity contribution in [2.24, 2.45) is 0 Å². The average molecular weight is 321 g/mol. The molecule has 0 radical (unpaired) electrons. The summed E-state index contributed by atoms with van der Waals surface area (Å²) in [6.45, 7) is 0.255. The standard InChI is InChI=1S/C10H10BrFN2O4/c11-6-4-8(13-3-1-2-10(15)16)9(14(17)18)5-7(6)12/h4-5,13H,1-3H2,(H,15,16). The zero-order valence-electron chi connectivity index (χ0n) is 9.15. The molecule has 1 rings (SSSR count). The maximum Gasteiger partial charge on any atom is 0.303 e. The van der Waals surface area contributed by atoms with Crippen LogP contribution in [-0.2, 0) is 4.79 Å². The molecule has 0 saturated carbocycles. The van der Waals surface area contributed by atoms with E-state index in [1.165, 1.54) is 6.07 Å². The molecular weight excluding hydrogens is 311 g/mol. The largest absolute Gasteiger partial charge is 0.481 e. The minimum absolute atomic E-state index is 0.0385. The molecule has 0 saturated heterocycles. The molecule has 0 fully saturated rings. The molecule has 8 heteroatoms. The Bertz CT molecular complexity index is 481. The molecule has 0 bridgehead atoms. The van der Waals surface area contributed by atoms with Crippen molar-refractivity contribution in [3.63, 3.8) is 0 Å². The smallest absolute Gasteiger partial charge is 0.303 e. The van der Waals surface area contributed by atoms with Crippen LogP contribution in [0.25, 0.3) is 0 Å². The molecule has 0 aromatic heterocycles. The third-order valence-corrected chi connectivity index (χ3v) is 2.73. The lowest BCUT2D eigenvalue weighted by Gasteiger charge is -2.07. The maximum atomic E-state index is 13.2. The Labute approximate surface area is 110 Å². The first kappa shape index (κ1) is 14.4. The molecule has 0 atom stereocenters. The van der Waals surface area contributed by atoms with Gasteiger partial charge in [0.15, 0.2) is 0 Å². The van der Waals surface area contributed by atoms with Gasteiger partial charge in [0.05, 0.1) is 15.5 Å². The van der Waals surface area contributed by atoms with Gasteiger partial charge in [0.1, 0.15) is 11.5 Å². The molecule has 98 valence electrons. The second kappa shape index (κ2) is 6.29. The molecule has 0 heterocycles. The SMILES string of the molecule is O=C(O)CCCNc1cc(Br)c(F)cc1[N+](=O)[O-]. The number of hydrogen-bond acceptors (Lipinski definition) is 4. The Kier molecular flexibility index (Phi) is 5.02. The summed E-state index contributed by atoms with van der Waals surface area (Å²) in [5, 5.41) is 21.9. The molecule has 0 spiro atoms. The fourth-order valence-electron chi connectivity index (χ4n) is 1.29. The van der Waals surface area contributed by atoms with Crippen molar-refractivity contribution in [3.8, 4) is 0 Å². The number of benzene rings is 1. The molecule has 0 unspecified atom stereocenters. The van der Waals surface area contributed by atoms with Crippen LogP contribution in [0.3, 0.4) is 0 Å². The summed E-state index contributed by atoms with van der Waals surface area (Å²) in [4.78, 5) is 20.3. The highest BCUT2D eigenvalue weighted by atomic mass is 79.9. The fraction of sp³-hybridized carbons (Fsp3) is 0.300. The van der Waals surface area contributed by atoms with Gasteiger partial charge in [-0.2, -0.15) is 0 Å². The molecule has 0 aliphatic carbocycles. The Hall–Kier alpha value is -1.70. The maximum absolute atomic E-state index is 13.2. The second-order valence-electron chi connectivity index (χ2n) is 3.46. The summed E-state index contributed by atoms with van der Waals surface area (Å²) in [7, 11) is 0. The third kappa shape index (κ3) is 3.95. The van der Waals surface area contributed by atoms with Gasteiger partial charge in [-0.1, -0.05) is 0 Å². The predicted octanol–water partition coefficient (Wildman–Crippen LogP) is 2.77. The number of nitrogens with one attached hydrogen (secondary N) is 1. The number of rotatable bonds is 6. The molecule has 18 heavy (non-hydrogen) atoms. The number of carboxylic acid groups (broad SMARTS) is 1. The fourth-order valence-corrected chi connectivity index (χ4v) is 1.64. The monoisotopic (exact) mass is 320 g/mol. The van der Waals surface area contributed by atoms with Crippen LogP contribution in [0.5, 0.6) is 0 Å². The van der Waals surface area contributed by atoms with Crippen molar-refractivity contribution in [2.75, 3.05) is 11.9 Å². The van der Waals surface area contributed by atoms with Gasteiger partial charge in [0.25, 0.3) is 5.69 Å². The summed E-state index contributed by atoms with van der Waals surface area (Å²) in [6, 6.07) is 2.07. The number of anilines is 1. The number of nitro groups is 1. The number of aliphatic carboxylic acids is 1. The van der Waals surface area contributed by atoms with E-state index in [2.05, 4.69) is 21.2 Å². The molecule has 0 amide bonds. The summed E-state index contributed by atoms with van der Waals surface area (Å²) < 4.78 is 13.3. The Morgan fingerprint density at radius 2 is 2.22 bits per heavy atom. The number of halogens is 2. The summed E-state index contributed by atoms with van der Waals surface area (Å²) in [6.07, 6.45) is 0.282. The van der Waals surface area contributed by atoms with Crippen molar-refractivity contribution < 1.29 is 19.2 Å². The first-order valence-electron chi connectivity index (χ1n) is 5.01. The van der Waals surface area contributed by atoms with Gasteiger partial charge in [-0.25, -0.2) is 4.39 Å². The zero-order chi connectivity index (χ0) is 13.7. The summed E-state index contributed by atoms with van der Waals surface area (Å²) >= 11 is 2.93. The third-order valence-electron chi connectivity index (χ3n) is 2.12. The van der Waals surface area contributed by atoms with Crippen molar-refractivity contribution in [2.45, 2.75) is 12.8 Å². The van der Waals surface area contributed by atoms with Crippen molar-refractivity contribution in [1.29, 1.82) is 0 Å². The quantitative estimate of drug-likeness (QED) is 0.477. The number of carbonyl (C=O) groups is 1. The summed E-state index contributed by atoms with van der Waals surface area (Å²) in [5.41, 5.74) is -0.232. The van der Waals surface area contributed by atoms with Crippen LogP contribution in [0, 0.1) is 15.9 Å². The lowest BCUT2D eigenvalue weighted by molar-refractivity contribution is -0.384. The van der Waals surface area contributed by atoms with Gasteiger partial charge in [-0.05, 0) is 28.4 Å². The van der Waals surface area contributed by atoms with E-state index in [1.807, 2.05) is 0 Å². The minimum atomic E-state index is -0.938. The molecule has 1 aromatic carbocycles. The van der Waals surface area contributed by atoms with Gasteiger partial charge < -0.3 is 10.4 Å².